The highest BCUT2D eigenvalue weighted by molar-refractivity contribution is 6.04. The molecule has 2 rings (SSSR count). The molecule has 2 heterocycles. The van der Waals surface area contributed by atoms with Crippen LogP contribution in [0.1, 0.15) is 62.1 Å². The molecule has 0 aliphatic rings. The first-order valence-corrected chi connectivity index (χ1v) is 7.93. The summed E-state index contributed by atoms with van der Waals surface area (Å²) >= 11 is 0. The summed E-state index contributed by atoms with van der Waals surface area (Å²) in [5.74, 6) is -1.14. The van der Waals surface area contributed by atoms with Gasteiger partial charge >= 0.3 is 11.9 Å². The number of carbonyl (C=O) groups excluding carboxylic acids is 3. The van der Waals surface area contributed by atoms with Gasteiger partial charge in [-0.2, -0.15) is 0 Å². The van der Waals surface area contributed by atoms with Crippen LogP contribution in [0.15, 0.2) is 16.7 Å². The van der Waals surface area contributed by atoms with Gasteiger partial charge in [-0.1, -0.05) is 0 Å². The lowest BCUT2D eigenvalue weighted by Gasteiger charge is -2.12. The zero-order valence-corrected chi connectivity index (χ0v) is 14.9. The maximum absolute atomic E-state index is 12.6. The van der Waals surface area contributed by atoms with E-state index in [-0.39, 0.29) is 17.9 Å². The summed E-state index contributed by atoms with van der Waals surface area (Å²) in [4.78, 5) is 39.6. The van der Waals surface area contributed by atoms with Crippen molar-refractivity contribution in [3.63, 3.8) is 0 Å². The van der Waals surface area contributed by atoms with Crippen LogP contribution in [0.4, 0.5) is 0 Å². The van der Waals surface area contributed by atoms with Crippen LogP contribution in [0, 0.1) is 20.8 Å². The highest BCUT2D eigenvalue weighted by atomic mass is 16.5. The van der Waals surface area contributed by atoms with Crippen molar-refractivity contribution in [3.05, 3.63) is 46.2 Å². The van der Waals surface area contributed by atoms with Gasteiger partial charge in [-0.25, -0.2) is 9.59 Å². The number of Topliss-reactive ketones (excluding diaryl/α,β-unsaturated/α-hetero) is 1. The van der Waals surface area contributed by atoms with E-state index < -0.39 is 23.8 Å². The molecule has 0 bridgehead atoms. The number of H-pyrrole nitrogens is 1. The summed E-state index contributed by atoms with van der Waals surface area (Å²) < 4.78 is 15.3. The van der Waals surface area contributed by atoms with Crippen molar-refractivity contribution < 1.29 is 28.3 Å². The Kier molecular flexibility index (Phi) is 5.46. The van der Waals surface area contributed by atoms with E-state index in [0.717, 1.165) is 0 Å². The number of carbonyl (C=O) groups is 3. The Morgan fingerprint density at radius 1 is 1.20 bits per heavy atom. The molecule has 2 aromatic heterocycles. The topological polar surface area (TPSA) is 98.6 Å². The van der Waals surface area contributed by atoms with E-state index in [4.69, 9.17) is 13.9 Å². The fourth-order valence-corrected chi connectivity index (χ4v) is 2.58. The summed E-state index contributed by atoms with van der Waals surface area (Å²) in [5.41, 5.74) is 1.83. The predicted molar refractivity (Wildman–Crippen MR) is 88.9 cm³/mol. The number of aromatic amines is 1. The minimum absolute atomic E-state index is 0.227. The Morgan fingerprint density at radius 2 is 1.88 bits per heavy atom. The van der Waals surface area contributed by atoms with Crippen LogP contribution >= 0.6 is 0 Å². The first-order valence-electron chi connectivity index (χ1n) is 7.93. The standard InChI is InChI=1S/C18H21NO6/c1-6-23-18(22)14-9(2)15(19-10(14)3)16(20)12(5)25-17(21)13-7-8-24-11(13)4/h7-8,12,19H,6H2,1-5H3/t12-/m0/s1. The smallest absolute Gasteiger partial charge is 0.342 e. The first-order chi connectivity index (χ1) is 11.8. The minimum Gasteiger partial charge on any atom is -0.469 e. The van der Waals surface area contributed by atoms with E-state index in [2.05, 4.69) is 4.98 Å². The molecule has 7 heteroatoms. The lowest BCUT2D eigenvalue weighted by molar-refractivity contribution is 0.0315. The SMILES string of the molecule is CCOC(=O)c1c(C)[nH]c(C(=O)[C@H](C)OC(=O)c2ccoc2C)c1C. The van der Waals surface area contributed by atoms with Gasteiger partial charge in [-0.15, -0.1) is 0 Å². The number of ether oxygens (including phenoxy) is 2. The molecule has 134 valence electrons. The number of rotatable bonds is 6. The van der Waals surface area contributed by atoms with E-state index in [9.17, 15) is 14.4 Å². The molecule has 0 saturated heterocycles. The third kappa shape index (κ3) is 3.65. The molecule has 0 unspecified atom stereocenters. The summed E-state index contributed by atoms with van der Waals surface area (Å²) in [6, 6.07) is 1.48. The molecule has 0 fully saturated rings. The van der Waals surface area contributed by atoms with Gasteiger partial charge in [0.15, 0.2) is 6.10 Å². The van der Waals surface area contributed by atoms with Crippen molar-refractivity contribution in [2.75, 3.05) is 6.61 Å². The maximum atomic E-state index is 12.6. The molecule has 1 N–H and O–H groups in total. The quantitative estimate of drug-likeness (QED) is 0.637. The Morgan fingerprint density at radius 3 is 2.44 bits per heavy atom. The largest absolute Gasteiger partial charge is 0.469 e. The number of furan rings is 1. The molecule has 0 aromatic carbocycles. The lowest BCUT2D eigenvalue weighted by Crippen LogP contribution is -2.25. The average molecular weight is 347 g/mol. The Labute approximate surface area is 145 Å². The van der Waals surface area contributed by atoms with Gasteiger partial charge in [-0.3, -0.25) is 4.79 Å². The van der Waals surface area contributed by atoms with Gasteiger partial charge in [0, 0.05) is 5.69 Å². The van der Waals surface area contributed by atoms with Gasteiger partial charge < -0.3 is 18.9 Å². The van der Waals surface area contributed by atoms with Gasteiger partial charge in [0.25, 0.3) is 0 Å². The predicted octanol–water partition coefficient (Wildman–Crippen LogP) is 3.14. The number of ketones is 1. The number of aryl methyl sites for hydroxylation is 2. The molecular weight excluding hydrogens is 326 g/mol. The second-order valence-electron chi connectivity index (χ2n) is 5.65. The van der Waals surface area contributed by atoms with Crippen LogP contribution in [0.5, 0.6) is 0 Å². The van der Waals surface area contributed by atoms with Crippen molar-refractivity contribution >= 4 is 17.7 Å². The molecule has 1 atom stereocenters. The fourth-order valence-electron chi connectivity index (χ4n) is 2.58. The monoisotopic (exact) mass is 347 g/mol. The van der Waals surface area contributed by atoms with Crippen LogP contribution in [-0.4, -0.2) is 35.4 Å². The number of hydrogen-bond donors (Lipinski definition) is 1. The molecule has 25 heavy (non-hydrogen) atoms. The maximum Gasteiger partial charge on any atom is 0.342 e. The molecule has 0 aliphatic heterocycles. The third-order valence-corrected chi connectivity index (χ3v) is 3.90. The summed E-state index contributed by atoms with van der Waals surface area (Å²) in [6.45, 7) is 8.40. The molecule has 2 aromatic rings. The third-order valence-electron chi connectivity index (χ3n) is 3.90. The first kappa shape index (κ1) is 18.5. The zero-order valence-electron chi connectivity index (χ0n) is 14.9. The van der Waals surface area contributed by atoms with Crippen molar-refractivity contribution in [2.24, 2.45) is 0 Å². The molecule has 0 spiro atoms. The van der Waals surface area contributed by atoms with Gasteiger partial charge in [0.05, 0.1) is 24.1 Å². The molecule has 7 nitrogen and oxygen atoms in total. The molecule has 0 radical (unpaired) electrons. The summed E-state index contributed by atoms with van der Waals surface area (Å²) in [6.07, 6.45) is 0.358. The van der Waals surface area contributed by atoms with E-state index in [0.29, 0.717) is 22.6 Å². The Hall–Kier alpha value is -2.83. The minimum atomic E-state index is -1.02. The molecule has 0 amide bonds. The van der Waals surface area contributed by atoms with Crippen molar-refractivity contribution in [2.45, 2.75) is 40.7 Å². The summed E-state index contributed by atoms with van der Waals surface area (Å²) in [7, 11) is 0. The number of nitrogens with one attached hydrogen (secondary N) is 1. The van der Waals surface area contributed by atoms with Crippen molar-refractivity contribution in [1.82, 2.24) is 4.98 Å². The van der Waals surface area contributed by atoms with E-state index in [1.165, 1.54) is 19.3 Å². The number of hydrogen-bond acceptors (Lipinski definition) is 6. The van der Waals surface area contributed by atoms with Crippen LogP contribution < -0.4 is 0 Å². The number of aromatic nitrogens is 1. The van der Waals surface area contributed by atoms with Crippen LogP contribution in [-0.2, 0) is 9.47 Å². The molecule has 0 saturated carbocycles. The van der Waals surface area contributed by atoms with Gasteiger partial charge in [0.1, 0.15) is 11.3 Å². The second kappa shape index (κ2) is 7.38. The average Bonchev–Trinajstić information content (AvgIpc) is 3.10. The highest BCUT2D eigenvalue weighted by Crippen LogP contribution is 2.21. The summed E-state index contributed by atoms with van der Waals surface area (Å²) in [5, 5.41) is 0. The van der Waals surface area contributed by atoms with E-state index >= 15 is 0 Å². The Balaban J connectivity index is 2.20. The van der Waals surface area contributed by atoms with Gasteiger partial charge in [-0.05, 0) is 46.2 Å². The van der Waals surface area contributed by atoms with Crippen molar-refractivity contribution in [3.8, 4) is 0 Å². The van der Waals surface area contributed by atoms with Gasteiger partial charge in [0.2, 0.25) is 5.78 Å². The normalized spacial score (nSPS) is 11.9. The zero-order chi connectivity index (χ0) is 18.7. The van der Waals surface area contributed by atoms with E-state index in [1.807, 2.05) is 0 Å². The van der Waals surface area contributed by atoms with Crippen LogP contribution in [0.3, 0.4) is 0 Å². The Bertz CT molecular complexity index is 814. The van der Waals surface area contributed by atoms with Crippen LogP contribution in [0.25, 0.3) is 0 Å². The van der Waals surface area contributed by atoms with Crippen molar-refractivity contribution in [1.29, 1.82) is 0 Å². The fraction of sp³-hybridized carbons (Fsp3) is 0.389. The molecular formula is C18H21NO6. The van der Waals surface area contributed by atoms with Crippen LogP contribution in [0.2, 0.25) is 0 Å². The lowest BCUT2D eigenvalue weighted by atomic mass is 10.1. The molecule has 0 aliphatic carbocycles. The van der Waals surface area contributed by atoms with E-state index in [1.54, 1.807) is 27.7 Å². The number of esters is 2. The second-order valence-corrected chi connectivity index (χ2v) is 5.65. The highest BCUT2D eigenvalue weighted by Gasteiger charge is 2.28.